The van der Waals surface area contributed by atoms with Crippen molar-refractivity contribution >= 4 is 23.2 Å². The second-order valence-corrected chi connectivity index (χ2v) is 10.8. The third kappa shape index (κ3) is 6.14. The second kappa shape index (κ2) is 10.6. The molecule has 1 atom stereocenters. The molecule has 4 rings (SSSR count). The number of anilines is 2. The molecule has 2 aromatic carbocycles. The maximum atomic E-state index is 13.0. The van der Waals surface area contributed by atoms with Gasteiger partial charge in [-0.3, -0.25) is 9.59 Å². The third-order valence-corrected chi connectivity index (χ3v) is 6.75. The van der Waals surface area contributed by atoms with Gasteiger partial charge in [0.2, 0.25) is 5.91 Å². The molecule has 2 amide bonds. The van der Waals surface area contributed by atoms with E-state index in [9.17, 15) is 9.59 Å². The van der Waals surface area contributed by atoms with Crippen molar-refractivity contribution in [1.82, 2.24) is 10.1 Å². The van der Waals surface area contributed by atoms with Crippen LogP contribution in [0.4, 0.5) is 11.4 Å². The lowest BCUT2D eigenvalue weighted by atomic mass is 9.87. The van der Waals surface area contributed by atoms with Crippen molar-refractivity contribution in [2.75, 3.05) is 37.4 Å². The zero-order chi connectivity index (χ0) is 25.9. The first-order valence-electron chi connectivity index (χ1n) is 12.5. The van der Waals surface area contributed by atoms with E-state index in [4.69, 9.17) is 4.52 Å². The first-order valence-corrected chi connectivity index (χ1v) is 12.5. The number of hydrogen-bond donors (Lipinski definition) is 1. The molecule has 36 heavy (non-hydrogen) atoms. The van der Waals surface area contributed by atoms with Crippen LogP contribution in [-0.4, -0.2) is 49.1 Å². The van der Waals surface area contributed by atoms with Gasteiger partial charge in [0.1, 0.15) is 5.76 Å². The number of benzene rings is 2. The molecule has 190 valence electrons. The number of amides is 2. The van der Waals surface area contributed by atoms with E-state index in [-0.39, 0.29) is 28.8 Å². The van der Waals surface area contributed by atoms with Gasteiger partial charge in [0, 0.05) is 50.5 Å². The maximum absolute atomic E-state index is 13.0. The zero-order valence-electron chi connectivity index (χ0n) is 21.9. The number of hydrogen-bond acceptors (Lipinski definition) is 5. The van der Waals surface area contributed by atoms with Crippen LogP contribution in [0.25, 0.3) is 0 Å². The number of rotatable bonds is 6. The Morgan fingerprint density at radius 2 is 1.78 bits per heavy atom. The van der Waals surface area contributed by atoms with Gasteiger partial charge in [-0.05, 0) is 53.6 Å². The van der Waals surface area contributed by atoms with Crippen LogP contribution in [-0.2, 0) is 16.6 Å². The highest BCUT2D eigenvalue weighted by molar-refractivity contribution is 6.02. The predicted molar refractivity (Wildman–Crippen MR) is 143 cm³/mol. The molecule has 0 radical (unpaired) electrons. The van der Waals surface area contributed by atoms with E-state index in [1.54, 1.807) is 6.07 Å². The number of nitrogens with zero attached hydrogens (tertiary/aromatic N) is 3. The van der Waals surface area contributed by atoms with E-state index in [1.807, 2.05) is 72.4 Å². The van der Waals surface area contributed by atoms with Crippen molar-refractivity contribution in [3.8, 4) is 0 Å². The summed E-state index contributed by atoms with van der Waals surface area (Å²) in [5, 5.41) is 6.90. The van der Waals surface area contributed by atoms with Gasteiger partial charge in [0.05, 0.1) is 6.42 Å². The Balaban J connectivity index is 1.35. The lowest BCUT2D eigenvalue weighted by Gasteiger charge is -2.31. The molecular weight excluding hydrogens is 452 g/mol. The van der Waals surface area contributed by atoms with E-state index in [0.717, 1.165) is 30.6 Å². The van der Waals surface area contributed by atoms with Crippen LogP contribution in [0, 0.1) is 0 Å². The zero-order valence-corrected chi connectivity index (χ0v) is 21.9. The topological polar surface area (TPSA) is 78.7 Å². The van der Waals surface area contributed by atoms with Crippen LogP contribution in [0.5, 0.6) is 0 Å². The minimum absolute atomic E-state index is 0.0268. The standard InChI is InChI=1S/C29H36N4O3/c1-29(2,3)22-10-12-23(13-11-22)30-28(35)25-18-26(36-31-25)21-7-6-16-33(19-21)27(34)17-20-8-14-24(15-9-20)32(4)5/h8-15,18,21H,6-7,16-17,19H2,1-5H3,(H,30,35). The van der Waals surface area contributed by atoms with Gasteiger partial charge in [-0.1, -0.05) is 50.2 Å². The predicted octanol–water partition coefficient (Wildman–Crippen LogP) is 5.24. The Labute approximate surface area is 213 Å². The van der Waals surface area contributed by atoms with Crippen molar-refractivity contribution in [3.05, 3.63) is 77.2 Å². The summed E-state index contributed by atoms with van der Waals surface area (Å²) in [7, 11) is 3.99. The van der Waals surface area contributed by atoms with E-state index in [2.05, 4.69) is 31.2 Å². The summed E-state index contributed by atoms with van der Waals surface area (Å²) in [6.07, 6.45) is 2.16. The number of aromatic nitrogens is 1. The van der Waals surface area contributed by atoms with Crippen LogP contribution in [0.2, 0.25) is 0 Å². The van der Waals surface area contributed by atoms with Gasteiger partial charge >= 0.3 is 0 Å². The number of nitrogens with one attached hydrogen (secondary N) is 1. The number of piperidine rings is 1. The molecule has 1 aliphatic rings. The number of carbonyl (C=O) groups is 2. The van der Waals surface area contributed by atoms with Crippen LogP contribution in [0.15, 0.2) is 59.1 Å². The molecule has 1 unspecified atom stereocenters. The molecule has 3 aromatic rings. The normalized spacial score (nSPS) is 16.0. The van der Waals surface area contributed by atoms with Gasteiger partial charge in [-0.2, -0.15) is 0 Å². The van der Waals surface area contributed by atoms with Crippen molar-refractivity contribution in [2.24, 2.45) is 0 Å². The van der Waals surface area contributed by atoms with Gasteiger partial charge in [0.15, 0.2) is 5.69 Å². The SMILES string of the molecule is CN(C)c1ccc(CC(=O)N2CCCC(c3cc(C(=O)Nc4ccc(C(C)(C)C)cc4)no3)C2)cc1. The van der Waals surface area contributed by atoms with E-state index in [0.29, 0.717) is 24.4 Å². The monoisotopic (exact) mass is 488 g/mol. The van der Waals surface area contributed by atoms with Crippen LogP contribution in [0.3, 0.4) is 0 Å². The Hall–Kier alpha value is -3.61. The smallest absolute Gasteiger partial charge is 0.277 e. The minimum Gasteiger partial charge on any atom is -0.378 e. The fourth-order valence-corrected chi connectivity index (χ4v) is 4.47. The first-order chi connectivity index (χ1) is 17.1. The molecule has 7 heteroatoms. The molecule has 1 saturated heterocycles. The second-order valence-electron chi connectivity index (χ2n) is 10.8. The highest BCUT2D eigenvalue weighted by Gasteiger charge is 2.28. The fourth-order valence-electron chi connectivity index (χ4n) is 4.47. The molecule has 1 fully saturated rings. The average Bonchev–Trinajstić information content (AvgIpc) is 3.35. The van der Waals surface area contributed by atoms with E-state index in [1.165, 1.54) is 5.56 Å². The van der Waals surface area contributed by atoms with Gasteiger partial charge in [-0.15, -0.1) is 0 Å². The number of carbonyl (C=O) groups excluding carboxylic acids is 2. The lowest BCUT2D eigenvalue weighted by molar-refractivity contribution is -0.131. The Morgan fingerprint density at radius 1 is 1.08 bits per heavy atom. The van der Waals surface area contributed by atoms with Crippen LogP contribution in [0.1, 0.15) is 66.9 Å². The van der Waals surface area contributed by atoms with Gasteiger partial charge in [0.25, 0.3) is 5.91 Å². The molecule has 1 aliphatic heterocycles. The quantitative estimate of drug-likeness (QED) is 0.513. The minimum atomic E-state index is -0.307. The van der Waals surface area contributed by atoms with E-state index >= 15 is 0 Å². The molecule has 1 aromatic heterocycles. The average molecular weight is 489 g/mol. The molecule has 7 nitrogen and oxygen atoms in total. The summed E-state index contributed by atoms with van der Waals surface area (Å²) < 4.78 is 5.56. The highest BCUT2D eigenvalue weighted by Crippen LogP contribution is 2.28. The molecular formula is C29H36N4O3. The third-order valence-electron chi connectivity index (χ3n) is 6.75. The Kier molecular flexibility index (Phi) is 7.48. The summed E-state index contributed by atoms with van der Waals surface area (Å²) in [6, 6.07) is 17.6. The van der Waals surface area contributed by atoms with Gasteiger partial charge < -0.3 is 19.6 Å². The fraction of sp³-hybridized carbons (Fsp3) is 0.414. The van der Waals surface area contributed by atoms with E-state index < -0.39 is 0 Å². The number of likely N-dealkylation sites (tertiary alicyclic amines) is 1. The summed E-state index contributed by atoms with van der Waals surface area (Å²) in [4.78, 5) is 29.6. The van der Waals surface area contributed by atoms with Crippen LogP contribution >= 0.6 is 0 Å². The van der Waals surface area contributed by atoms with Gasteiger partial charge in [-0.25, -0.2) is 0 Å². The summed E-state index contributed by atoms with van der Waals surface area (Å²) in [5.41, 5.74) is 4.32. The highest BCUT2D eigenvalue weighted by atomic mass is 16.5. The first kappa shape index (κ1) is 25.5. The lowest BCUT2D eigenvalue weighted by Crippen LogP contribution is -2.39. The summed E-state index contributed by atoms with van der Waals surface area (Å²) in [6.45, 7) is 7.76. The maximum Gasteiger partial charge on any atom is 0.277 e. The van der Waals surface area contributed by atoms with Crippen molar-refractivity contribution < 1.29 is 14.1 Å². The molecule has 0 bridgehead atoms. The van der Waals surface area contributed by atoms with Crippen LogP contribution < -0.4 is 10.2 Å². The molecule has 0 aliphatic carbocycles. The summed E-state index contributed by atoms with van der Waals surface area (Å²) in [5.74, 6) is 0.474. The van der Waals surface area contributed by atoms with Crippen molar-refractivity contribution in [3.63, 3.8) is 0 Å². The molecule has 0 saturated carbocycles. The largest absolute Gasteiger partial charge is 0.378 e. The summed E-state index contributed by atoms with van der Waals surface area (Å²) >= 11 is 0. The molecule has 2 heterocycles. The molecule has 1 N–H and O–H groups in total. The van der Waals surface area contributed by atoms with Crippen molar-refractivity contribution in [1.29, 1.82) is 0 Å². The molecule has 0 spiro atoms. The Bertz CT molecular complexity index is 1190. The Morgan fingerprint density at radius 3 is 2.42 bits per heavy atom. The van der Waals surface area contributed by atoms with Crippen molar-refractivity contribution in [2.45, 2.75) is 51.4 Å².